The van der Waals surface area contributed by atoms with Crippen molar-refractivity contribution in [3.05, 3.63) is 82.9 Å². The van der Waals surface area contributed by atoms with Gasteiger partial charge in [-0.05, 0) is 55.1 Å². The van der Waals surface area contributed by atoms with Gasteiger partial charge in [0.15, 0.2) is 17.4 Å². The van der Waals surface area contributed by atoms with Crippen LogP contribution in [0, 0.1) is 11.3 Å². The number of nitrogens with one attached hydrogen (secondary N) is 1. The molecule has 186 valence electrons. The Morgan fingerprint density at radius 2 is 1.78 bits per heavy atom. The largest absolute Gasteiger partial charge is 0.494 e. The number of aromatic amines is 1. The molecule has 3 aromatic carbocycles. The minimum atomic E-state index is -0.00630. The maximum Gasteiger partial charge on any atom is 0.231 e. The molecule has 0 bridgehead atoms. The molecule has 2 aliphatic rings. The predicted octanol–water partition coefficient (Wildman–Crippen LogP) is 4.39. The number of aromatic hydroxyl groups is 1. The zero-order valence-corrected chi connectivity index (χ0v) is 20.6. The van der Waals surface area contributed by atoms with E-state index in [1.165, 1.54) is 5.56 Å². The molecule has 6 rings (SSSR count). The van der Waals surface area contributed by atoms with Gasteiger partial charge in [-0.1, -0.05) is 18.2 Å². The molecule has 1 saturated heterocycles. The Morgan fingerprint density at radius 1 is 1.00 bits per heavy atom. The Hall–Kier alpha value is -4.32. The van der Waals surface area contributed by atoms with Crippen molar-refractivity contribution in [3.63, 3.8) is 0 Å². The highest BCUT2D eigenvalue weighted by Gasteiger charge is 2.22. The summed E-state index contributed by atoms with van der Waals surface area (Å²) in [5.41, 5.74) is 5.15. The predicted molar refractivity (Wildman–Crippen MR) is 142 cm³/mol. The van der Waals surface area contributed by atoms with Crippen LogP contribution in [0.3, 0.4) is 0 Å². The number of nitriles is 1. The first kappa shape index (κ1) is 23.1. The summed E-state index contributed by atoms with van der Waals surface area (Å²) in [4.78, 5) is 12.8. The molecule has 8 nitrogen and oxygen atoms in total. The van der Waals surface area contributed by atoms with Gasteiger partial charge in [-0.3, -0.25) is 4.90 Å². The smallest absolute Gasteiger partial charge is 0.231 e. The molecule has 37 heavy (non-hydrogen) atoms. The topological polar surface area (TPSA) is 97.1 Å². The maximum atomic E-state index is 11.0. The minimum Gasteiger partial charge on any atom is -0.494 e. The standard InChI is InChI=1S/C29H27N5O3/c1-33-10-12-34(13-11-33)17-19-2-6-22(7-3-19)31-28(21-5-9-25-26(15-21)37-18-36-25)27-23-8-4-20(16-30)14-24(23)32-29(27)35/h2-9,14-15,32,35H,10-13,17-18H2,1H3. The number of aromatic nitrogens is 1. The minimum absolute atomic E-state index is 0.00630. The van der Waals surface area contributed by atoms with Gasteiger partial charge in [0.05, 0.1) is 34.1 Å². The van der Waals surface area contributed by atoms with Crippen LogP contribution in [0.5, 0.6) is 17.4 Å². The Kier molecular flexibility index (Phi) is 6.01. The lowest BCUT2D eigenvalue weighted by Crippen LogP contribution is -2.43. The van der Waals surface area contributed by atoms with E-state index in [1.807, 2.05) is 36.4 Å². The van der Waals surface area contributed by atoms with Gasteiger partial charge in [0, 0.05) is 43.7 Å². The van der Waals surface area contributed by atoms with E-state index in [-0.39, 0.29) is 12.7 Å². The van der Waals surface area contributed by atoms with Gasteiger partial charge in [0.1, 0.15) is 0 Å². The molecular formula is C29H27N5O3. The van der Waals surface area contributed by atoms with Crippen LogP contribution in [-0.2, 0) is 6.54 Å². The summed E-state index contributed by atoms with van der Waals surface area (Å²) in [6.45, 7) is 5.40. The second-order valence-electron chi connectivity index (χ2n) is 9.50. The summed E-state index contributed by atoms with van der Waals surface area (Å²) in [6.07, 6.45) is 0. The Bertz CT molecular complexity index is 1530. The van der Waals surface area contributed by atoms with Gasteiger partial charge in [-0.25, -0.2) is 4.99 Å². The molecule has 2 aliphatic heterocycles. The molecule has 0 saturated carbocycles. The van der Waals surface area contributed by atoms with Gasteiger partial charge < -0.3 is 24.5 Å². The third-order valence-corrected chi connectivity index (χ3v) is 6.97. The molecule has 0 spiro atoms. The van der Waals surface area contributed by atoms with Crippen LogP contribution < -0.4 is 9.47 Å². The Morgan fingerprint density at radius 3 is 2.57 bits per heavy atom. The quantitative estimate of drug-likeness (QED) is 0.400. The fourth-order valence-electron chi connectivity index (χ4n) is 4.87. The lowest BCUT2D eigenvalue weighted by Gasteiger charge is -2.32. The number of nitrogens with zero attached hydrogens (tertiary/aromatic N) is 4. The van der Waals surface area contributed by atoms with E-state index in [9.17, 15) is 10.4 Å². The van der Waals surface area contributed by atoms with E-state index < -0.39 is 0 Å². The monoisotopic (exact) mass is 493 g/mol. The van der Waals surface area contributed by atoms with Gasteiger partial charge in [0.25, 0.3) is 0 Å². The normalized spacial score (nSPS) is 16.3. The number of fused-ring (bicyclic) bond motifs is 2. The van der Waals surface area contributed by atoms with E-state index >= 15 is 0 Å². The van der Waals surface area contributed by atoms with Crippen LogP contribution in [0.1, 0.15) is 22.3 Å². The Labute approximate surface area is 215 Å². The highest BCUT2D eigenvalue weighted by molar-refractivity contribution is 6.22. The average Bonchev–Trinajstić information content (AvgIpc) is 3.52. The molecule has 0 atom stereocenters. The van der Waals surface area contributed by atoms with Gasteiger partial charge in [0.2, 0.25) is 6.79 Å². The number of hydrogen-bond donors (Lipinski definition) is 2. The highest BCUT2D eigenvalue weighted by atomic mass is 16.7. The highest BCUT2D eigenvalue weighted by Crippen LogP contribution is 2.37. The van der Waals surface area contributed by atoms with Crippen molar-refractivity contribution in [3.8, 4) is 23.4 Å². The average molecular weight is 494 g/mol. The van der Waals surface area contributed by atoms with Crippen molar-refractivity contribution in [2.45, 2.75) is 6.54 Å². The first-order valence-corrected chi connectivity index (χ1v) is 12.3. The number of likely N-dealkylation sites (N-methyl/N-ethyl adjacent to an activating group) is 1. The van der Waals surface area contributed by atoms with Crippen LogP contribution in [0.2, 0.25) is 0 Å². The molecule has 4 aromatic rings. The molecule has 1 aromatic heterocycles. The zero-order chi connectivity index (χ0) is 25.4. The molecule has 2 N–H and O–H groups in total. The molecule has 1 fully saturated rings. The summed E-state index contributed by atoms with van der Waals surface area (Å²) in [6, 6.07) is 21.3. The van der Waals surface area contributed by atoms with E-state index in [4.69, 9.17) is 14.5 Å². The molecule has 0 amide bonds. The first-order valence-electron chi connectivity index (χ1n) is 12.3. The summed E-state index contributed by atoms with van der Waals surface area (Å²) in [7, 11) is 2.16. The Balaban J connectivity index is 1.39. The number of aliphatic imine (C=N–C) groups is 1. The van der Waals surface area contributed by atoms with Crippen LogP contribution >= 0.6 is 0 Å². The number of benzene rings is 3. The van der Waals surface area contributed by atoms with E-state index in [0.29, 0.717) is 33.9 Å². The molecule has 0 aliphatic carbocycles. The molecule has 8 heteroatoms. The summed E-state index contributed by atoms with van der Waals surface area (Å²) >= 11 is 0. The summed E-state index contributed by atoms with van der Waals surface area (Å²) in [5.74, 6) is 1.31. The van der Waals surface area contributed by atoms with E-state index in [0.717, 1.165) is 49.4 Å². The zero-order valence-electron chi connectivity index (χ0n) is 20.6. The van der Waals surface area contributed by atoms with Crippen molar-refractivity contribution in [1.82, 2.24) is 14.8 Å². The van der Waals surface area contributed by atoms with E-state index in [1.54, 1.807) is 12.1 Å². The van der Waals surface area contributed by atoms with Crippen molar-refractivity contribution in [2.24, 2.45) is 4.99 Å². The number of ether oxygens (including phenoxy) is 2. The molecule has 3 heterocycles. The van der Waals surface area contributed by atoms with Gasteiger partial charge in [-0.15, -0.1) is 0 Å². The van der Waals surface area contributed by atoms with Crippen LogP contribution in [-0.4, -0.2) is 65.6 Å². The summed E-state index contributed by atoms with van der Waals surface area (Å²) in [5, 5.41) is 21.0. The van der Waals surface area contributed by atoms with Crippen molar-refractivity contribution >= 4 is 22.3 Å². The van der Waals surface area contributed by atoms with Gasteiger partial charge in [-0.2, -0.15) is 5.26 Å². The third-order valence-electron chi connectivity index (χ3n) is 6.97. The second kappa shape index (κ2) is 9.62. The van der Waals surface area contributed by atoms with Crippen molar-refractivity contribution in [2.75, 3.05) is 40.0 Å². The maximum absolute atomic E-state index is 11.0. The molecular weight excluding hydrogens is 466 g/mol. The van der Waals surface area contributed by atoms with E-state index in [2.05, 4.69) is 40.0 Å². The number of hydrogen-bond acceptors (Lipinski definition) is 7. The van der Waals surface area contributed by atoms with Gasteiger partial charge >= 0.3 is 0 Å². The van der Waals surface area contributed by atoms with Crippen LogP contribution in [0.25, 0.3) is 10.9 Å². The number of piperazine rings is 1. The molecule has 0 radical (unpaired) electrons. The van der Waals surface area contributed by atoms with Crippen molar-refractivity contribution < 1.29 is 14.6 Å². The lowest BCUT2D eigenvalue weighted by molar-refractivity contribution is 0.148. The fraction of sp³-hybridized carbons (Fsp3) is 0.241. The number of H-pyrrole nitrogens is 1. The SMILES string of the molecule is CN1CCN(Cc2ccc(N=C(c3ccc4c(c3)OCO4)c3c(O)[nH]c4cc(C#N)ccc34)cc2)CC1. The second-order valence-corrected chi connectivity index (χ2v) is 9.50. The van der Waals surface area contributed by atoms with Crippen LogP contribution in [0.4, 0.5) is 5.69 Å². The van der Waals surface area contributed by atoms with Crippen LogP contribution in [0.15, 0.2) is 65.7 Å². The lowest BCUT2D eigenvalue weighted by atomic mass is 9.99. The molecule has 0 unspecified atom stereocenters. The third kappa shape index (κ3) is 4.62. The fourth-order valence-corrected chi connectivity index (χ4v) is 4.87. The summed E-state index contributed by atoms with van der Waals surface area (Å²) < 4.78 is 11.1. The first-order chi connectivity index (χ1) is 18.1. The number of rotatable bonds is 5. The van der Waals surface area contributed by atoms with Crippen molar-refractivity contribution in [1.29, 1.82) is 5.26 Å².